The Balaban J connectivity index is 1.71. The number of hydrogen-bond donors (Lipinski definition) is 4. The van der Waals surface area contributed by atoms with Gasteiger partial charge in [-0.1, -0.05) is 13.8 Å². The first-order valence-electron chi connectivity index (χ1n) is 10.0. The van der Waals surface area contributed by atoms with Crippen molar-refractivity contribution in [2.75, 3.05) is 6.61 Å². The highest BCUT2D eigenvalue weighted by Crippen LogP contribution is 2.68. The molecule has 0 aromatic rings. The van der Waals surface area contributed by atoms with Gasteiger partial charge in [-0.15, -0.1) is 0 Å². The predicted molar refractivity (Wildman–Crippen MR) is 93.1 cm³/mol. The van der Waals surface area contributed by atoms with E-state index in [9.17, 15) is 15.3 Å². The minimum absolute atomic E-state index is 0.122. The van der Waals surface area contributed by atoms with E-state index in [2.05, 4.69) is 13.8 Å². The van der Waals surface area contributed by atoms with E-state index in [4.69, 9.17) is 5.73 Å². The van der Waals surface area contributed by atoms with Crippen LogP contribution in [0.3, 0.4) is 0 Å². The van der Waals surface area contributed by atoms with Crippen molar-refractivity contribution in [2.45, 2.75) is 83.0 Å². The molecule has 3 unspecified atom stereocenters. The van der Waals surface area contributed by atoms with E-state index in [1.165, 1.54) is 0 Å². The fourth-order valence-electron chi connectivity index (χ4n) is 7.72. The highest BCUT2D eigenvalue weighted by molar-refractivity contribution is 5.21. The minimum atomic E-state index is -0.425. The van der Waals surface area contributed by atoms with Crippen molar-refractivity contribution in [3.63, 3.8) is 0 Å². The number of rotatable bonds is 1. The largest absolute Gasteiger partial charge is 0.396 e. The minimum Gasteiger partial charge on any atom is -0.396 e. The highest BCUT2D eigenvalue weighted by atomic mass is 16.3. The van der Waals surface area contributed by atoms with E-state index >= 15 is 0 Å². The first-order chi connectivity index (χ1) is 11.3. The van der Waals surface area contributed by atoms with Crippen LogP contribution in [0.4, 0.5) is 0 Å². The van der Waals surface area contributed by atoms with E-state index in [0.29, 0.717) is 17.8 Å². The van der Waals surface area contributed by atoms with Crippen molar-refractivity contribution >= 4 is 0 Å². The second kappa shape index (κ2) is 5.42. The van der Waals surface area contributed by atoms with Crippen LogP contribution in [0.25, 0.3) is 0 Å². The molecule has 4 rings (SSSR count). The smallest absolute Gasteiger partial charge is 0.0617 e. The molecule has 0 radical (unpaired) electrons. The van der Waals surface area contributed by atoms with E-state index in [1.54, 1.807) is 0 Å². The van der Waals surface area contributed by atoms with Gasteiger partial charge in [0.25, 0.3) is 0 Å². The van der Waals surface area contributed by atoms with Crippen LogP contribution in [0.1, 0.15) is 65.2 Å². The van der Waals surface area contributed by atoms with Gasteiger partial charge < -0.3 is 21.1 Å². The lowest BCUT2D eigenvalue weighted by molar-refractivity contribution is -0.182. The summed E-state index contributed by atoms with van der Waals surface area (Å²) in [5.41, 5.74) is 6.58. The van der Waals surface area contributed by atoms with Gasteiger partial charge in [-0.25, -0.2) is 0 Å². The summed E-state index contributed by atoms with van der Waals surface area (Å²) >= 11 is 0. The van der Waals surface area contributed by atoms with Crippen molar-refractivity contribution in [2.24, 2.45) is 40.2 Å². The molecule has 0 aromatic heterocycles. The van der Waals surface area contributed by atoms with Crippen molar-refractivity contribution in [3.8, 4) is 0 Å². The predicted octanol–water partition coefficient (Wildman–Crippen LogP) is 2.05. The molecule has 4 heteroatoms. The number of hydrogen-bond acceptors (Lipinski definition) is 4. The Morgan fingerprint density at radius 1 is 0.958 bits per heavy atom. The van der Waals surface area contributed by atoms with Gasteiger partial charge in [0.15, 0.2) is 0 Å². The van der Waals surface area contributed by atoms with E-state index in [-0.39, 0.29) is 35.0 Å². The second-order valence-electron chi connectivity index (χ2n) is 9.91. The Labute approximate surface area is 145 Å². The zero-order valence-electron chi connectivity index (χ0n) is 15.2. The Bertz CT molecular complexity index is 513. The highest BCUT2D eigenvalue weighted by Gasteiger charge is 2.68. The van der Waals surface area contributed by atoms with Gasteiger partial charge in [0.1, 0.15) is 0 Å². The lowest BCUT2D eigenvalue weighted by atomic mass is 9.42. The Morgan fingerprint density at radius 2 is 1.71 bits per heavy atom. The normalized spacial score (nSPS) is 60.2. The van der Waals surface area contributed by atoms with Crippen LogP contribution >= 0.6 is 0 Å². The molecule has 4 nitrogen and oxygen atoms in total. The molecule has 138 valence electrons. The summed E-state index contributed by atoms with van der Waals surface area (Å²) in [5.74, 6) is 1.59. The molecule has 4 saturated carbocycles. The molecule has 0 aliphatic heterocycles. The number of nitrogens with two attached hydrogens (primary N) is 1. The van der Waals surface area contributed by atoms with Crippen LogP contribution in [0.5, 0.6) is 0 Å². The maximum absolute atomic E-state index is 11.2. The van der Waals surface area contributed by atoms with Gasteiger partial charge in [0, 0.05) is 17.6 Å². The Hall–Kier alpha value is -0.160. The van der Waals surface area contributed by atoms with Gasteiger partial charge in [0.2, 0.25) is 0 Å². The van der Waals surface area contributed by atoms with Gasteiger partial charge in [-0.2, -0.15) is 0 Å². The zero-order chi connectivity index (χ0) is 17.3. The summed E-state index contributed by atoms with van der Waals surface area (Å²) in [7, 11) is 0. The molecule has 0 spiro atoms. The first kappa shape index (κ1) is 17.3. The molecule has 9 atom stereocenters. The van der Waals surface area contributed by atoms with Crippen LogP contribution in [0, 0.1) is 34.5 Å². The standard InChI is InChI=1S/C20H35NO3/c1-18-7-6-14(23)9-12(18)3-4-15-16(18)10-17(24)19(2)13(11-22)5-8-20(15,19)21/h12-17,22-24H,3-11,21H2,1-2H3/t12?,13-,14?,15-,16+,17?,18+,19+,20-/m1/s1. The molecule has 5 N–H and O–H groups in total. The van der Waals surface area contributed by atoms with Gasteiger partial charge >= 0.3 is 0 Å². The van der Waals surface area contributed by atoms with Crippen LogP contribution < -0.4 is 5.73 Å². The molecule has 4 aliphatic rings. The summed E-state index contributed by atoms with van der Waals surface area (Å²) in [5, 5.41) is 31.1. The fraction of sp³-hybridized carbons (Fsp3) is 1.00. The molecule has 0 bridgehead atoms. The molecular weight excluding hydrogens is 302 g/mol. The van der Waals surface area contributed by atoms with Gasteiger partial charge in [0.05, 0.1) is 12.2 Å². The lowest BCUT2D eigenvalue weighted by Crippen LogP contribution is -2.70. The number of aliphatic hydroxyl groups is 3. The fourth-order valence-corrected chi connectivity index (χ4v) is 7.72. The Morgan fingerprint density at radius 3 is 2.42 bits per heavy atom. The summed E-state index contributed by atoms with van der Waals surface area (Å²) in [4.78, 5) is 0. The molecule has 24 heavy (non-hydrogen) atoms. The van der Waals surface area contributed by atoms with Gasteiger partial charge in [-0.05, 0) is 80.5 Å². The topological polar surface area (TPSA) is 86.7 Å². The Kier molecular flexibility index (Phi) is 3.90. The van der Waals surface area contributed by atoms with Crippen LogP contribution in [0.2, 0.25) is 0 Å². The molecule has 4 aliphatic carbocycles. The summed E-state index contributed by atoms with van der Waals surface area (Å²) in [6, 6.07) is 0. The first-order valence-corrected chi connectivity index (χ1v) is 10.0. The third-order valence-corrected chi connectivity index (χ3v) is 9.47. The van der Waals surface area contributed by atoms with Crippen molar-refractivity contribution in [3.05, 3.63) is 0 Å². The lowest BCUT2D eigenvalue weighted by Gasteiger charge is -2.65. The van der Waals surface area contributed by atoms with E-state index in [0.717, 1.165) is 51.4 Å². The average molecular weight is 338 g/mol. The molecular formula is C20H35NO3. The molecule has 0 heterocycles. The van der Waals surface area contributed by atoms with Crippen LogP contribution in [0.15, 0.2) is 0 Å². The third kappa shape index (κ3) is 1.94. The van der Waals surface area contributed by atoms with Crippen LogP contribution in [-0.2, 0) is 0 Å². The zero-order valence-corrected chi connectivity index (χ0v) is 15.2. The number of aliphatic hydroxyl groups excluding tert-OH is 3. The number of fused-ring (bicyclic) bond motifs is 5. The van der Waals surface area contributed by atoms with Crippen molar-refractivity contribution in [1.29, 1.82) is 0 Å². The third-order valence-electron chi connectivity index (χ3n) is 9.47. The molecule has 0 amide bonds. The van der Waals surface area contributed by atoms with Crippen molar-refractivity contribution in [1.82, 2.24) is 0 Å². The summed E-state index contributed by atoms with van der Waals surface area (Å²) in [6.07, 6.45) is 7.26. The monoisotopic (exact) mass is 337 g/mol. The maximum Gasteiger partial charge on any atom is 0.0617 e. The van der Waals surface area contributed by atoms with Crippen molar-refractivity contribution < 1.29 is 15.3 Å². The molecule has 4 fully saturated rings. The van der Waals surface area contributed by atoms with E-state index in [1.807, 2.05) is 0 Å². The summed E-state index contributed by atoms with van der Waals surface area (Å²) in [6.45, 7) is 4.67. The van der Waals surface area contributed by atoms with Crippen LogP contribution in [-0.4, -0.2) is 39.7 Å². The SMILES string of the molecule is C[C@]12CCC(O)CC1CC[C@@H]1[C@@H]2CC(O)[C@]2(C)[C@@H](CO)CC[C@@]12N. The maximum atomic E-state index is 11.2. The average Bonchev–Trinajstić information content (AvgIpc) is 2.82. The van der Waals surface area contributed by atoms with Gasteiger partial charge in [-0.3, -0.25) is 0 Å². The molecule has 0 saturated heterocycles. The summed E-state index contributed by atoms with van der Waals surface area (Å²) < 4.78 is 0. The van der Waals surface area contributed by atoms with E-state index < -0.39 is 6.10 Å². The second-order valence-corrected chi connectivity index (χ2v) is 9.91. The molecule has 0 aromatic carbocycles. The quantitative estimate of drug-likeness (QED) is 0.590.